The molecule has 6 nitrogen and oxygen atoms in total. The maximum atomic E-state index is 12.0. The van der Waals surface area contributed by atoms with Gasteiger partial charge in [-0.15, -0.1) is 11.3 Å². The van der Waals surface area contributed by atoms with Gasteiger partial charge in [0.2, 0.25) is 10.9 Å². The third kappa shape index (κ3) is 2.40. The number of hydrogen-bond donors (Lipinski definition) is 1. The molecule has 2 heterocycles. The van der Waals surface area contributed by atoms with Crippen molar-refractivity contribution in [2.45, 2.75) is 18.9 Å². The summed E-state index contributed by atoms with van der Waals surface area (Å²) in [5.41, 5.74) is -1.11. The van der Waals surface area contributed by atoms with Crippen LogP contribution in [0.15, 0.2) is 27.1 Å². The number of carbonyl (C=O) groups is 2. The summed E-state index contributed by atoms with van der Waals surface area (Å²) in [7, 11) is 0. The Morgan fingerprint density at radius 1 is 1.33 bits per heavy atom. The summed E-state index contributed by atoms with van der Waals surface area (Å²) >= 11 is 1.28. The molecule has 3 rings (SSSR count). The first-order valence-electron chi connectivity index (χ1n) is 6.40. The van der Waals surface area contributed by atoms with Crippen LogP contribution < -0.4 is 16.2 Å². The summed E-state index contributed by atoms with van der Waals surface area (Å²) in [5.74, 6) is -0.660. The molecule has 1 aromatic heterocycles. The van der Waals surface area contributed by atoms with Gasteiger partial charge in [0, 0.05) is 18.4 Å². The first kappa shape index (κ1) is 13.7. The zero-order valence-electron chi connectivity index (χ0n) is 10.9. The number of anilines is 1. The molecule has 0 bridgehead atoms. The van der Waals surface area contributed by atoms with Crippen LogP contribution in [0.5, 0.6) is 0 Å². The standard InChI is InChI=1S/C14H11NO5S/c16-9(10-2-1-5-21-10)6-7-11(13(18)12(7)17)15-8-3-4-20-14(8)19/h1-2,5,8,15H,3-4,6H2. The van der Waals surface area contributed by atoms with Crippen LogP contribution in [-0.2, 0) is 16.0 Å². The summed E-state index contributed by atoms with van der Waals surface area (Å²) in [6.07, 6.45) is 0.311. The van der Waals surface area contributed by atoms with E-state index < -0.39 is 22.9 Å². The summed E-state index contributed by atoms with van der Waals surface area (Å²) in [6.45, 7) is 0.287. The number of nitrogens with one attached hydrogen (secondary N) is 1. The zero-order valence-corrected chi connectivity index (χ0v) is 11.7. The first-order chi connectivity index (χ1) is 10.1. The van der Waals surface area contributed by atoms with Crippen molar-refractivity contribution in [1.29, 1.82) is 0 Å². The fourth-order valence-electron chi connectivity index (χ4n) is 2.25. The van der Waals surface area contributed by atoms with E-state index in [0.29, 0.717) is 11.3 Å². The van der Waals surface area contributed by atoms with Crippen molar-refractivity contribution >= 4 is 28.8 Å². The molecule has 1 N–H and O–H groups in total. The molecule has 0 radical (unpaired) electrons. The summed E-state index contributed by atoms with van der Waals surface area (Å²) < 4.78 is 4.79. The predicted octanol–water partition coefficient (Wildman–Crippen LogP) is 0.497. The number of rotatable bonds is 5. The smallest absolute Gasteiger partial charge is 0.328 e. The van der Waals surface area contributed by atoms with E-state index in [1.165, 1.54) is 11.3 Å². The van der Waals surface area contributed by atoms with Crippen LogP contribution in [0.2, 0.25) is 0 Å². The lowest BCUT2D eigenvalue weighted by Crippen LogP contribution is -2.42. The Balaban J connectivity index is 1.79. The van der Waals surface area contributed by atoms with E-state index in [2.05, 4.69) is 5.32 Å². The molecule has 1 fully saturated rings. The molecule has 108 valence electrons. The Labute approximate surface area is 123 Å². The zero-order chi connectivity index (χ0) is 15.0. The maximum Gasteiger partial charge on any atom is 0.328 e. The minimum Gasteiger partial charge on any atom is -0.464 e. The van der Waals surface area contributed by atoms with Gasteiger partial charge in [-0.25, -0.2) is 4.79 Å². The topological polar surface area (TPSA) is 89.5 Å². The van der Waals surface area contributed by atoms with Crippen molar-refractivity contribution in [3.63, 3.8) is 0 Å². The van der Waals surface area contributed by atoms with E-state index in [1.807, 2.05) is 0 Å². The van der Waals surface area contributed by atoms with E-state index in [1.54, 1.807) is 17.5 Å². The molecule has 0 amide bonds. The van der Waals surface area contributed by atoms with Gasteiger partial charge in [0.05, 0.1) is 17.2 Å². The van der Waals surface area contributed by atoms with Crippen molar-refractivity contribution < 1.29 is 14.3 Å². The number of ketones is 1. The average Bonchev–Trinajstić information content (AvgIpc) is 3.14. The van der Waals surface area contributed by atoms with Gasteiger partial charge >= 0.3 is 5.97 Å². The number of hydrogen-bond acceptors (Lipinski definition) is 7. The fourth-order valence-corrected chi connectivity index (χ4v) is 2.91. The second-order valence-corrected chi connectivity index (χ2v) is 5.69. The van der Waals surface area contributed by atoms with Crippen LogP contribution in [0.3, 0.4) is 0 Å². The van der Waals surface area contributed by atoms with Gasteiger partial charge in [-0.2, -0.15) is 0 Å². The van der Waals surface area contributed by atoms with Crippen LogP contribution in [-0.4, -0.2) is 24.4 Å². The molecule has 1 saturated heterocycles. The fraction of sp³-hybridized carbons (Fsp3) is 0.286. The van der Waals surface area contributed by atoms with Gasteiger partial charge in [0.1, 0.15) is 6.04 Å². The molecule has 1 aliphatic rings. The van der Waals surface area contributed by atoms with E-state index in [4.69, 9.17) is 4.74 Å². The Kier molecular flexibility index (Phi) is 3.42. The SMILES string of the molecule is O=C(Cc1c(NC2CCOC2=O)c(=O)c1=O)c1cccs1. The highest BCUT2D eigenvalue weighted by Crippen LogP contribution is 2.18. The van der Waals surface area contributed by atoms with Crippen LogP contribution in [0.25, 0.3) is 0 Å². The molecule has 21 heavy (non-hydrogen) atoms. The van der Waals surface area contributed by atoms with E-state index in [9.17, 15) is 19.2 Å². The highest BCUT2D eigenvalue weighted by Gasteiger charge is 2.31. The highest BCUT2D eigenvalue weighted by molar-refractivity contribution is 7.12. The molecular weight excluding hydrogens is 294 g/mol. The Hall–Kier alpha value is -2.28. The van der Waals surface area contributed by atoms with Gasteiger partial charge in [0.15, 0.2) is 5.78 Å². The van der Waals surface area contributed by atoms with Crippen LogP contribution in [0.1, 0.15) is 21.7 Å². The number of cyclic esters (lactones) is 1. The van der Waals surface area contributed by atoms with Gasteiger partial charge < -0.3 is 10.1 Å². The van der Waals surface area contributed by atoms with Gasteiger partial charge in [0.25, 0.3) is 0 Å². The van der Waals surface area contributed by atoms with Crippen molar-refractivity contribution in [1.82, 2.24) is 0 Å². The van der Waals surface area contributed by atoms with Gasteiger partial charge in [-0.05, 0) is 11.4 Å². The molecule has 0 aliphatic carbocycles. The minimum absolute atomic E-state index is 0.0776. The second kappa shape index (κ2) is 5.25. The third-order valence-corrected chi connectivity index (χ3v) is 4.31. The maximum absolute atomic E-state index is 12.0. The molecule has 2 aromatic rings. The minimum atomic E-state index is -0.677. The average molecular weight is 305 g/mol. The van der Waals surface area contributed by atoms with Crippen LogP contribution in [0, 0.1) is 0 Å². The van der Waals surface area contributed by atoms with Crippen molar-refractivity contribution in [2.75, 3.05) is 11.9 Å². The first-order valence-corrected chi connectivity index (χ1v) is 7.28. The molecule has 1 aliphatic heterocycles. The Morgan fingerprint density at radius 2 is 2.14 bits per heavy atom. The molecule has 0 spiro atoms. The summed E-state index contributed by atoms with van der Waals surface area (Å²) in [5, 5.41) is 4.50. The molecular formula is C14H11NO5S. The second-order valence-electron chi connectivity index (χ2n) is 4.74. The number of Topliss-reactive ketones (excluding diaryl/α,β-unsaturated/α-hetero) is 1. The molecule has 1 unspecified atom stereocenters. The lowest BCUT2D eigenvalue weighted by atomic mass is 10.00. The normalized spacial score (nSPS) is 17.9. The lowest BCUT2D eigenvalue weighted by molar-refractivity contribution is -0.138. The number of carbonyl (C=O) groups excluding carboxylic acids is 2. The van der Waals surface area contributed by atoms with E-state index in [-0.39, 0.29) is 30.1 Å². The molecule has 1 aromatic carbocycles. The Morgan fingerprint density at radius 3 is 2.76 bits per heavy atom. The molecule has 1 atom stereocenters. The highest BCUT2D eigenvalue weighted by atomic mass is 32.1. The van der Waals surface area contributed by atoms with Crippen molar-refractivity contribution in [3.8, 4) is 0 Å². The predicted molar refractivity (Wildman–Crippen MR) is 76.7 cm³/mol. The van der Waals surface area contributed by atoms with E-state index in [0.717, 1.165) is 0 Å². The largest absolute Gasteiger partial charge is 0.464 e. The molecule has 0 saturated carbocycles. The van der Waals surface area contributed by atoms with E-state index >= 15 is 0 Å². The third-order valence-electron chi connectivity index (χ3n) is 3.40. The molecule has 7 heteroatoms. The quantitative estimate of drug-likeness (QED) is 0.491. The van der Waals surface area contributed by atoms with Crippen LogP contribution in [0.4, 0.5) is 5.69 Å². The van der Waals surface area contributed by atoms with Crippen molar-refractivity contribution in [3.05, 3.63) is 48.4 Å². The number of thiophene rings is 1. The Bertz CT molecular complexity index is 770. The number of ether oxygens (including phenoxy) is 1. The van der Waals surface area contributed by atoms with Crippen molar-refractivity contribution in [2.24, 2.45) is 0 Å². The number of esters is 1. The van der Waals surface area contributed by atoms with Gasteiger partial charge in [-0.3, -0.25) is 14.4 Å². The summed E-state index contributed by atoms with van der Waals surface area (Å²) in [4.78, 5) is 47.1. The van der Waals surface area contributed by atoms with Crippen LogP contribution >= 0.6 is 11.3 Å². The summed E-state index contributed by atoms with van der Waals surface area (Å²) in [6, 6.07) is 2.79. The lowest BCUT2D eigenvalue weighted by Gasteiger charge is -2.15. The monoisotopic (exact) mass is 305 g/mol. The van der Waals surface area contributed by atoms with Gasteiger partial charge in [-0.1, -0.05) is 6.07 Å².